The SMILES string of the molecule is Cc1ccccc1NC(=O)C1(OC(=O)c2ccn[nH]2)CCCCC1. The van der Waals surface area contributed by atoms with Gasteiger partial charge in [-0.15, -0.1) is 0 Å². The summed E-state index contributed by atoms with van der Waals surface area (Å²) >= 11 is 0. The number of nitrogens with zero attached hydrogens (tertiary/aromatic N) is 1. The number of para-hydroxylation sites is 1. The monoisotopic (exact) mass is 327 g/mol. The maximum atomic E-state index is 12.9. The zero-order valence-electron chi connectivity index (χ0n) is 13.7. The Labute approximate surface area is 140 Å². The number of esters is 1. The molecule has 24 heavy (non-hydrogen) atoms. The molecule has 0 bridgehead atoms. The van der Waals surface area contributed by atoms with Gasteiger partial charge in [-0.05, 0) is 50.3 Å². The van der Waals surface area contributed by atoms with E-state index in [4.69, 9.17) is 4.74 Å². The Balaban J connectivity index is 1.81. The van der Waals surface area contributed by atoms with E-state index in [2.05, 4.69) is 15.5 Å². The first kappa shape index (κ1) is 16.2. The molecule has 1 aliphatic carbocycles. The number of carbonyl (C=O) groups is 2. The van der Waals surface area contributed by atoms with E-state index in [9.17, 15) is 9.59 Å². The van der Waals surface area contributed by atoms with Crippen LogP contribution in [-0.2, 0) is 9.53 Å². The summed E-state index contributed by atoms with van der Waals surface area (Å²) in [6.07, 6.45) is 5.31. The van der Waals surface area contributed by atoms with E-state index in [-0.39, 0.29) is 11.6 Å². The molecule has 1 fully saturated rings. The highest BCUT2D eigenvalue weighted by atomic mass is 16.6. The quantitative estimate of drug-likeness (QED) is 0.845. The summed E-state index contributed by atoms with van der Waals surface area (Å²) in [4.78, 5) is 25.3. The number of ether oxygens (including phenoxy) is 1. The molecule has 2 N–H and O–H groups in total. The highest BCUT2D eigenvalue weighted by molar-refractivity contribution is 6.00. The van der Waals surface area contributed by atoms with E-state index in [1.54, 1.807) is 0 Å². The molecule has 1 aliphatic rings. The van der Waals surface area contributed by atoms with Gasteiger partial charge in [0.25, 0.3) is 5.91 Å². The Morgan fingerprint density at radius 3 is 2.58 bits per heavy atom. The zero-order chi connectivity index (χ0) is 17.0. The van der Waals surface area contributed by atoms with Crippen molar-refractivity contribution in [1.29, 1.82) is 0 Å². The minimum Gasteiger partial charge on any atom is -0.444 e. The van der Waals surface area contributed by atoms with Gasteiger partial charge in [0.1, 0.15) is 5.69 Å². The lowest BCUT2D eigenvalue weighted by molar-refractivity contribution is -0.138. The number of benzene rings is 1. The molecular formula is C18H21N3O3. The van der Waals surface area contributed by atoms with Gasteiger partial charge in [-0.25, -0.2) is 4.79 Å². The highest BCUT2D eigenvalue weighted by Crippen LogP contribution is 2.34. The molecule has 0 radical (unpaired) electrons. The smallest absolute Gasteiger partial charge is 0.357 e. The van der Waals surface area contributed by atoms with Crippen LogP contribution in [0.4, 0.5) is 5.69 Å². The molecule has 1 amide bonds. The van der Waals surface area contributed by atoms with E-state index in [1.807, 2.05) is 31.2 Å². The van der Waals surface area contributed by atoms with E-state index in [0.29, 0.717) is 12.8 Å². The van der Waals surface area contributed by atoms with Crippen LogP contribution >= 0.6 is 0 Å². The number of rotatable bonds is 4. The van der Waals surface area contributed by atoms with Crippen LogP contribution in [-0.4, -0.2) is 27.7 Å². The molecule has 1 heterocycles. The number of aromatic nitrogens is 2. The first-order valence-electron chi connectivity index (χ1n) is 8.20. The third kappa shape index (κ3) is 3.32. The Bertz CT molecular complexity index is 719. The van der Waals surface area contributed by atoms with Crippen LogP contribution in [0.3, 0.4) is 0 Å². The first-order valence-corrected chi connectivity index (χ1v) is 8.20. The molecule has 1 aromatic heterocycles. The second kappa shape index (κ2) is 6.86. The fourth-order valence-electron chi connectivity index (χ4n) is 3.05. The van der Waals surface area contributed by atoms with Gasteiger partial charge in [0, 0.05) is 11.9 Å². The average molecular weight is 327 g/mol. The van der Waals surface area contributed by atoms with Gasteiger partial charge in [-0.2, -0.15) is 5.10 Å². The van der Waals surface area contributed by atoms with Gasteiger partial charge in [0.15, 0.2) is 5.60 Å². The minimum absolute atomic E-state index is 0.253. The lowest BCUT2D eigenvalue weighted by Gasteiger charge is -2.35. The van der Waals surface area contributed by atoms with Crippen LogP contribution in [0, 0.1) is 6.92 Å². The van der Waals surface area contributed by atoms with E-state index >= 15 is 0 Å². The van der Waals surface area contributed by atoms with Crippen molar-refractivity contribution in [2.24, 2.45) is 0 Å². The summed E-state index contributed by atoms with van der Waals surface area (Å²) in [6, 6.07) is 9.10. The summed E-state index contributed by atoms with van der Waals surface area (Å²) in [5, 5.41) is 9.27. The van der Waals surface area contributed by atoms with Gasteiger partial charge in [0.05, 0.1) is 0 Å². The Morgan fingerprint density at radius 2 is 1.92 bits per heavy atom. The van der Waals surface area contributed by atoms with Gasteiger partial charge in [-0.3, -0.25) is 9.89 Å². The maximum absolute atomic E-state index is 12.9. The van der Waals surface area contributed by atoms with E-state index < -0.39 is 11.6 Å². The molecule has 6 nitrogen and oxygen atoms in total. The number of nitrogens with one attached hydrogen (secondary N) is 2. The predicted octanol–water partition coefficient (Wildman–Crippen LogP) is 3.22. The second-order valence-electron chi connectivity index (χ2n) is 6.18. The van der Waals surface area contributed by atoms with Crippen LogP contribution < -0.4 is 5.32 Å². The Kier molecular flexibility index (Phi) is 4.64. The van der Waals surface area contributed by atoms with Gasteiger partial charge < -0.3 is 10.1 Å². The third-order valence-electron chi connectivity index (χ3n) is 4.48. The largest absolute Gasteiger partial charge is 0.444 e. The van der Waals surface area contributed by atoms with Crippen LogP contribution in [0.15, 0.2) is 36.5 Å². The summed E-state index contributed by atoms with van der Waals surface area (Å²) in [5.74, 6) is -0.807. The van der Waals surface area contributed by atoms with Crippen LogP contribution in [0.2, 0.25) is 0 Å². The van der Waals surface area contributed by atoms with Crippen molar-refractivity contribution in [2.45, 2.75) is 44.6 Å². The van der Waals surface area contributed by atoms with Crippen LogP contribution in [0.25, 0.3) is 0 Å². The van der Waals surface area contributed by atoms with Crippen LogP contribution in [0.1, 0.15) is 48.2 Å². The van der Waals surface area contributed by atoms with Crippen molar-refractivity contribution in [2.75, 3.05) is 5.32 Å². The number of aryl methyl sites for hydroxylation is 1. The number of hydrogen-bond donors (Lipinski definition) is 2. The van der Waals surface area contributed by atoms with E-state index in [1.165, 1.54) is 12.3 Å². The summed E-state index contributed by atoms with van der Waals surface area (Å²) in [6.45, 7) is 1.93. The maximum Gasteiger partial charge on any atom is 0.357 e. The Morgan fingerprint density at radius 1 is 1.17 bits per heavy atom. The fraction of sp³-hybridized carbons (Fsp3) is 0.389. The molecule has 6 heteroatoms. The average Bonchev–Trinajstić information content (AvgIpc) is 3.12. The summed E-state index contributed by atoms with van der Waals surface area (Å²) in [5.41, 5.74) is 0.841. The minimum atomic E-state index is -1.12. The van der Waals surface area contributed by atoms with Crippen molar-refractivity contribution >= 4 is 17.6 Å². The number of hydrogen-bond acceptors (Lipinski definition) is 4. The highest BCUT2D eigenvalue weighted by Gasteiger charge is 2.43. The number of aromatic amines is 1. The Hall–Kier alpha value is -2.63. The number of amides is 1. The molecular weight excluding hydrogens is 306 g/mol. The molecule has 2 aromatic rings. The molecule has 0 unspecified atom stereocenters. The number of carbonyl (C=O) groups excluding carboxylic acids is 2. The van der Waals surface area contributed by atoms with Gasteiger partial charge >= 0.3 is 5.97 Å². The second-order valence-corrected chi connectivity index (χ2v) is 6.18. The summed E-state index contributed by atoms with van der Waals surface area (Å²) in [7, 11) is 0. The molecule has 0 spiro atoms. The van der Waals surface area contributed by atoms with Crippen molar-refractivity contribution in [3.63, 3.8) is 0 Å². The molecule has 0 saturated heterocycles. The molecule has 1 saturated carbocycles. The van der Waals surface area contributed by atoms with Gasteiger partial charge in [-0.1, -0.05) is 24.6 Å². The van der Waals surface area contributed by atoms with E-state index in [0.717, 1.165) is 30.5 Å². The molecule has 1 aromatic carbocycles. The van der Waals surface area contributed by atoms with Crippen LogP contribution in [0.5, 0.6) is 0 Å². The number of H-pyrrole nitrogens is 1. The fourth-order valence-corrected chi connectivity index (χ4v) is 3.05. The van der Waals surface area contributed by atoms with Crippen molar-refractivity contribution in [1.82, 2.24) is 10.2 Å². The van der Waals surface area contributed by atoms with Crippen molar-refractivity contribution in [3.05, 3.63) is 47.8 Å². The predicted molar refractivity (Wildman–Crippen MR) is 89.6 cm³/mol. The normalized spacial score (nSPS) is 16.4. The zero-order valence-corrected chi connectivity index (χ0v) is 13.7. The molecule has 0 atom stereocenters. The topological polar surface area (TPSA) is 84.1 Å². The standard InChI is InChI=1S/C18H21N3O3/c1-13-7-3-4-8-14(13)20-17(23)18(10-5-2-6-11-18)24-16(22)15-9-12-19-21-15/h3-4,7-9,12H,2,5-6,10-11H2,1H3,(H,19,21)(H,20,23). The third-order valence-corrected chi connectivity index (χ3v) is 4.48. The lowest BCUT2D eigenvalue weighted by atomic mass is 9.83. The van der Waals surface area contributed by atoms with Crippen molar-refractivity contribution < 1.29 is 14.3 Å². The van der Waals surface area contributed by atoms with Crippen molar-refractivity contribution in [3.8, 4) is 0 Å². The summed E-state index contributed by atoms with van der Waals surface area (Å²) < 4.78 is 5.67. The molecule has 3 rings (SSSR count). The lowest BCUT2D eigenvalue weighted by Crippen LogP contribution is -2.48. The van der Waals surface area contributed by atoms with Gasteiger partial charge in [0.2, 0.25) is 0 Å². The molecule has 126 valence electrons. The molecule has 0 aliphatic heterocycles. The number of anilines is 1. The first-order chi connectivity index (χ1) is 11.6.